The second-order valence-electron chi connectivity index (χ2n) is 3.22. The van der Waals surface area contributed by atoms with Gasteiger partial charge in [-0.3, -0.25) is 0 Å². The minimum atomic E-state index is 0.156. The smallest absolute Gasteiger partial charge is 0.156 e. The lowest BCUT2D eigenvalue weighted by Gasteiger charge is -2.01. The standard InChI is InChI=1S/C10H8ClN5/c11-9-3-1-2-8(6-9)7-10-13-14-15-16(10)5-4-12/h1-3,6H,5,7H2. The van der Waals surface area contributed by atoms with E-state index in [2.05, 4.69) is 15.5 Å². The second kappa shape index (κ2) is 4.73. The van der Waals surface area contributed by atoms with Crippen molar-refractivity contribution >= 4 is 11.6 Å². The highest BCUT2D eigenvalue weighted by Gasteiger charge is 2.06. The van der Waals surface area contributed by atoms with Gasteiger partial charge in [-0.05, 0) is 28.1 Å². The fraction of sp³-hybridized carbons (Fsp3) is 0.200. The average Bonchev–Trinajstić information content (AvgIpc) is 2.66. The molecule has 0 N–H and O–H groups in total. The number of hydrogen-bond acceptors (Lipinski definition) is 4. The number of hydrogen-bond donors (Lipinski definition) is 0. The first-order chi connectivity index (χ1) is 7.79. The molecule has 16 heavy (non-hydrogen) atoms. The number of benzene rings is 1. The van der Waals surface area contributed by atoms with E-state index < -0.39 is 0 Å². The number of nitrogens with zero attached hydrogens (tertiary/aromatic N) is 5. The lowest BCUT2D eigenvalue weighted by molar-refractivity contribution is 0.642. The summed E-state index contributed by atoms with van der Waals surface area (Å²) in [4.78, 5) is 0. The number of nitriles is 1. The van der Waals surface area contributed by atoms with Gasteiger partial charge in [0.1, 0.15) is 6.54 Å². The number of rotatable bonds is 3. The molecule has 0 radical (unpaired) electrons. The van der Waals surface area contributed by atoms with Gasteiger partial charge in [0.15, 0.2) is 5.82 Å². The summed E-state index contributed by atoms with van der Waals surface area (Å²) < 4.78 is 1.47. The third kappa shape index (κ3) is 2.35. The van der Waals surface area contributed by atoms with Gasteiger partial charge in [-0.15, -0.1) is 5.10 Å². The van der Waals surface area contributed by atoms with Crippen molar-refractivity contribution in [1.82, 2.24) is 20.2 Å². The molecule has 0 bridgehead atoms. The molecule has 0 unspecified atom stereocenters. The van der Waals surface area contributed by atoms with Crippen molar-refractivity contribution < 1.29 is 0 Å². The topological polar surface area (TPSA) is 67.4 Å². The Morgan fingerprint density at radius 2 is 2.31 bits per heavy atom. The molecule has 1 aromatic heterocycles. The summed E-state index contributed by atoms with van der Waals surface area (Å²) in [7, 11) is 0. The largest absolute Gasteiger partial charge is 0.215 e. The lowest BCUT2D eigenvalue weighted by atomic mass is 10.1. The Labute approximate surface area is 97.3 Å². The van der Waals surface area contributed by atoms with Crippen LogP contribution in [0.25, 0.3) is 0 Å². The van der Waals surface area contributed by atoms with Crippen LogP contribution in [0.15, 0.2) is 24.3 Å². The average molecular weight is 234 g/mol. The molecule has 1 heterocycles. The van der Waals surface area contributed by atoms with E-state index in [4.69, 9.17) is 16.9 Å². The molecule has 2 aromatic rings. The molecule has 0 aliphatic carbocycles. The maximum absolute atomic E-state index is 8.59. The van der Waals surface area contributed by atoms with Gasteiger partial charge in [-0.25, -0.2) is 4.68 Å². The lowest BCUT2D eigenvalue weighted by Crippen LogP contribution is -2.05. The quantitative estimate of drug-likeness (QED) is 0.805. The first-order valence-corrected chi connectivity index (χ1v) is 5.04. The van der Waals surface area contributed by atoms with Crippen LogP contribution in [0, 0.1) is 11.3 Å². The molecular weight excluding hydrogens is 226 g/mol. The van der Waals surface area contributed by atoms with Gasteiger partial charge in [-0.2, -0.15) is 5.26 Å². The van der Waals surface area contributed by atoms with Crippen molar-refractivity contribution in [2.75, 3.05) is 0 Å². The van der Waals surface area contributed by atoms with Crippen LogP contribution in [0.5, 0.6) is 0 Å². The minimum Gasteiger partial charge on any atom is -0.215 e. The van der Waals surface area contributed by atoms with Crippen molar-refractivity contribution in [3.05, 3.63) is 40.7 Å². The normalized spacial score (nSPS) is 10.0. The summed E-state index contributed by atoms with van der Waals surface area (Å²) in [6, 6.07) is 9.48. The number of tetrazole rings is 1. The zero-order valence-corrected chi connectivity index (χ0v) is 9.09. The van der Waals surface area contributed by atoms with E-state index in [9.17, 15) is 0 Å². The Bertz CT molecular complexity index is 528. The monoisotopic (exact) mass is 233 g/mol. The molecule has 6 heteroatoms. The second-order valence-corrected chi connectivity index (χ2v) is 3.65. The van der Waals surface area contributed by atoms with E-state index in [-0.39, 0.29) is 6.54 Å². The zero-order valence-electron chi connectivity index (χ0n) is 8.34. The molecule has 2 rings (SSSR count). The maximum atomic E-state index is 8.59. The van der Waals surface area contributed by atoms with Crippen LogP contribution in [0.4, 0.5) is 0 Å². The summed E-state index contributed by atoms with van der Waals surface area (Å²) in [6.45, 7) is 0.156. The molecule has 1 aromatic carbocycles. The first-order valence-electron chi connectivity index (χ1n) is 4.66. The summed E-state index contributed by atoms with van der Waals surface area (Å²) >= 11 is 5.88. The van der Waals surface area contributed by atoms with Crippen LogP contribution < -0.4 is 0 Å². The number of aromatic nitrogens is 4. The molecule has 0 aliphatic rings. The number of halogens is 1. The summed E-state index contributed by atoms with van der Waals surface area (Å²) in [5, 5.41) is 20.4. The molecule has 0 saturated carbocycles. The van der Waals surface area contributed by atoms with Crippen molar-refractivity contribution in [2.24, 2.45) is 0 Å². The van der Waals surface area contributed by atoms with E-state index in [0.29, 0.717) is 17.3 Å². The Kier molecular flexibility index (Phi) is 3.13. The molecule has 80 valence electrons. The molecule has 0 spiro atoms. The van der Waals surface area contributed by atoms with E-state index in [1.807, 2.05) is 30.3 Å². The molecule has 0 fully saturated rings. The van der Waals surface area contributed by atoms with Crippen LogP contribution in [-0.2, 0) is 13.0 Å². The Hall–Kier alpha value is -1.93. The molecular formula is C10H8ClN5. The fourth-order valence-corrected chi connectivity index (χ4v) is 1.58. The van der Waals surface area contributed by atoms with E-state index in [1.54, 1.807) is 0 Å². The first kappa shape index (κ1) is 10.6. The van der Waals surface area contributed by atoms with Gasteiger partial charge in [0.05, 0.1) is 6.07 Å². The van der Waals surface area contributed by atoms with Gasteiger partial charge < -0.3 is 0 Å². The third-order valence-corrected chi connectivity index (χ3v) is 2.31. The highest BCUT2D eigenvalue weighted by atomic mass is 35.5. The van der Waals surface area contributed by atoms with Crippen molar-refractivity contribution in [3.63, 3.8) is 0 Å². The predicted octanol–water partition coefficient (Wildman–Crippen LogP) is 1.44. The maximum Gasteiger partial charge on any atom is 0.156 e. The van der Waals surface area contributed by atoms with E-state index in [0.717, 1.165) is 5.56 Å². The van der Waals surface area contributed by atoms with Crippen LogP contribution >= 0.6 is 11.6 Å². The van der Waals surface area contributed by atoms with Crippen LogP contribution in [0.3, 0.4) is 0 Å². The van der Waals surface area contributed by atoms with Crippen molar-refractivity contribution in [1.29, 1.82) is 5.26 Å². The summed E-state index contributed by atoms with van der Waals surface area (Å²) in [5.74, 6) is 0.656. The van der Waals surface area contributed by atoms with Gasteiger partial charge in [0.2, 0.25) is 0 Å². The van der Waals surface area contributed by atoms with Gasteiger partial charge >= 0.3 is 0 Å². The zero-order chi connectivity index (χ0) is 11.4. The third-order valence-electron chi connectivity index (χ3n) is 2.08. The van der Waals surface area contributed by atoms with E-state index >= 15 is 0 Å². The van der Waals surface area contributed by atoms with Crippen LogP contribution in [0.2, 0.25) is 5.02 Å². The summed E-state index contributed by atoms with van der Waals surface area (Å²) in [6.07, 6.45) is 0.565. The Morgan fingerprint density at radius 3 is 3.06 bits per heavy atom. The molecule has 0 saturated heterocycles. The Balaban J connectivity index is 2.21. The minimum absolute atomic E-state index is 0.156. The Morgan fingerprint density at radius 1 is 1.44 bits per heavy atom. The molecule has 0 aliphatic heterocycles. The van der Waals surface area contributed by atoms with Crippen LogP contribution in [0.1, 0.15) is 11.4 Å². The highest BCUT2D eigenvalue weighted by Crippen LogP contribution is 2.13. The van der Waals surface area contributed by atoms with Crippen LogP contribution in [-0.4, -0.2) is 20.2 Å². The van der Waals surface area contributed by atoms with Gasteiger partial charge in [0, 0.05) is 11.4 Å². The van der Waals surface area contributed by atoms with Crippen molar-refractivity contribution in [2.45, 2.75) is 13.0 Å². The van der Waals surface area contributed by atoms with Crippen molar-refractivity contribution in [3.8, 4) is 6.07 Å². The van der Waals surface area contributed by atoms with Gasteiger partial charge in [-0.1, -0.05) is 23.7 Å². The molecule has 5 nitrogen and oxygen atoms in total. The molecule has 0 atom stereocenters. The predicted molar refractivity (Wildman–Crippen MR) is 57.7 cm³/mol. The SMILES string of the molecule is N#CCn1nnnc1Cc1cccc(Cl)c1. The molecule has 0 amide bonds. The van der Waals surface area contributed by atoms with Gasteiger partial charge in [0.25, 0.3) is 0 Å². The van der Waals surface area contributed by atoms with E-state index in [1.165, 1.54) is 4.68 Å². The summed E-state index contributed by atoms with van der Waals surface area (Å²) in [5.41, 5.74) is 1.02. The fourth-order valence-electron chi connectivity index (χ4n) is 1.37. The highest BCUT2D eigenvalue weighted by molar-refractivity contribution is 6.30.